The number of benzene rings is 1. The molecule has 0 atom stereocenters. The van der Waals surface area contributed by atoms with Gasteiger partial charge in [-0.2, -0.15) is 0 Å². The first-order valence-electron chi connectivity index (χ1n) is 9.95. The standard InChI is InChI=1S/C21H27F3N2O3/c1-20(2,3)19(28)25-11-8-14(9-12-25)18(27)26-10-4-5-15-13-16(6-7-17(15)26)29-21(22,23)24/h6-7,13-14H,4-5,8-12H2,1-3H3. The van der Waals surface area contributed by atoms with Gasteiger partial charge in [-0.05, 0) is 49.4 Å². The molecular formula is C21H27F3N2O3. The van der Waals surface area contributed by atoms with Crippen LogP contribution in [0.15, 0.2) is 18.2 Å². The lowest BCUT2D eigenvalue weighted by molar-refractivity contribution is -0.274. The van der Waals surface area contributed by atoms with Gasteiger partial charge in [0.15, 0.2) is 0 Å². The fourth-order valence-electron chi connectivity index (χ4n) is 4.02. The quantitative estimate of drug-likeness (QED) is 0.733. The van der Waals surface area contributed by atoms with E-state index in [4.69, 9.17) is 0 Å². The molecule has 0 aromatic heterocycles. The zero-order valence-corrected chi connectivity index (χ0v) is 17.0. The number of anilines is 1. The van der Waals surface area contributed by atoms with Gasteiger partial charge in [-0.1, -0.05) is 20.8 Å². The molecule has 2 aliphatic rings. The molecule has 0 N–H and O–H groups in total. The predicted molar refractivity (Wildman–Crippen MR) is 103 cm³/mol. The number of hydrogen-bond acceptors (Lipinski definition) is 3. The Balaban J connectivity index is 1.68. The lowest BCUT2D eigenvalue weighted by atomic mass is 9.90. The smallest absolute Gasteiger partial charge is 0.406 e. The molecule has 0 radical (unpaired) electrons. The molecule has 160 valence electrons. The molecule has 0 bridgehead atoms. The van der Waals surface area contributed by atoms with Crippen molar-refractivity contribution in [1.29, 1.82) is 0 Å². The van der Waals surface area contributed by atoms with E-state index in [2.05, 4.69) is 4.74 Å². The van der Waals surface area contributed by atoms with Crippen molar-refractivity contribution in [2.24, 2.45) is 11.3 Å². The fourth-order valence-corrected chi connectivity index (χ4v) is 4.02. The van der Waals surface area contributed by atoms with Crippen LogP contribution in [0.5, 0.6) is 5.75 Å². The topological polar surface area (TPSA) is 49.9 Å². The minimum Gasteiger partial charge on any atom is -0.406 e. The first-order valence-corrected chi connectivity index (χ1v) is 9.95. The third-order valence-corrected chi connectivity index (χ3v) is 5.44. The molecule has 2 aliphatic heterocycles. The number of ether oxygens (including phenoxy) is 1. The Bertz CT molecular complexity index is 778. The number of halogens is 3. The highest BCUT2D eigenvalue weighted by Crippen LogP contribution is 2.34. The molecule has 0 unspecified atom stereocenters. The Morgan fingerprint density at radius 1 is 1.07 bits per heavy atom. The SMILES string of the molecule is CC(C)(C)C(=O)N1CCC(C(=O)N2CCCc3cc(OC(F)(F)F)ccc32)CC1. The normalized spacial score (nSPS) is 18.4. The monoisotopic (exact) mass is 412 g/mol. The minimum atomic E-state index is -4.74. The zero-order valence-electron chi connectivity index (χ0n) is 17.0. The summed E-state index contributed by atoms with van der Waals surface area (Å²) in [5, 5.41) is 0. The van der Waals surface area contributed by atoms with Crippen molar-refractivity contribution >= 4 is 17.5 Å². The molecule has 0 spiro atoms. The van der Waals surface area contributed by atoms with E-state index in [1.807, 2.05) is 25.7 Å². The summed E-state index contributed by atoms with van der Waals surface area (Å²) in [5.41, 5.74) is 0.898. The van der Waals surface area contributed by atoms with Crippen molar-refractivity contribution < 1.29 is 27.5 Å². The van der Waals surface area contributed by atoms with E-state index in [0.717, 1.165) is 0 Å². The summed E-state index contributed by atoms with van der Waals surface area (Å²) in [4.78, 5) is 29.0. The molecule has 0 aliphatic carbocycles. The van der Waals surface area contributed by atoms with Crippen LogP contribution in [0.25, 0.3) is 0 Å². The van der Waals surface area contributed by atoms with Crippen LogP contribution in [0.2, 0.25) is 0 Å². The van der Waals surface area contributed by atoms with Crippen LogP contribution in [0.3, 0.4) is 0 Å². The maximum atomic E-state index is 13.1. The molecule has 2 amide bonds. The summed E-state index contributed by atoms with van der Waals surface area (Å²) >= 11 is 0. The third-order valence-electron chi connectivity index (χ3n) is 5.44. The minimum absolute atomic E-state index is 0.0155. The summed E-state index contributed by atoms with van der Waals surface area (Å²) in [5.74, 6) is -0.377. The third kappa shape index (κ3) is 5.03. The average Bonchev–Trinajstić information content (AvgIpc) is 2.64. The van der Waals surface area contributed by atoms with E-state index >= 15 is 0 Å². The van der Waals surface area contributed by atoms with Crippen molar-refractivity contribution in [3.63, 3.8) is 0 Å². The largest absolute Gasteiger partial charge is 0.573 e. The van der Waals surface area contributed by atoms with Gasteiger partial charge in [0.05, 0.1) is 0 Å². The van der Waals surface area contributed by atoms with Crippen LogP contribution in [0.1, 0.15) is 45.6 Å². The molecule has 1 aromatic rings. The van der Waals surface area contributed by atoms with Crippen LogP contribution in [0.4, 0.5) is 18.9 Å². The van der Waals surface area contributed by atoms with Crippen LogP contribution < -0.4 is 9.64 Å². The lowest BCUT2D eigenvalue weighted by Crippen LogP contribution is -2.48. The number of piperidine rings is 1. The maximum Gasteiger partial charge on any atom is 0.573 e. The Morgan fingerprint density at radius 2 is 1.72 bits per heavy atom. The highest BCUT2D eigenvalue weighted by atomic mass is 19.4. The number of hydrogen-bond donors (Lipinski definition) is 0. The Kier molecular flexibility index (Phi) is 5.83. The van der Waals surface area contributed by atoms with Crippen molar-refractivity contribution in [3.8, 4) is 5.75 Å². The van der Waals surface area contributed by atoms with Gasteiger partial charge in [0.25, 0.3) is 0 Å². The van der Waals surface area contributed by atoms with Crippen LogP contribution in [0, 0.1) is 11.3 Å². The number of alkyl halides is 3. The number of rotatable bonds is 2. The van der Waals surface area contributed by atoms with Gasteiger partial charge >= 0.3 is 6.36 Å². The van der Waals surface area contributed by atoms with Gasteiger partial charge in [0, 0.05) is 36.7 Å². The van der Waals surface area contributed by atoms with Crippen LogP contribution >= 0.6 is 0 Å². The predicted octanol–water partition coefficient (Wildman–Crippen LogP) is 4.15. The first-order chi connectivity index (χ1) is 13.5. The van der Waals surface area contributed by atoms with Crippen molar-refractivity contribution in [2.45, 2.75) is 52.8 Å². The molecule has 1 saturated heterocycles. The average molecular weight is 412 g/mol. The second kappa shape index (κ2) is 7.88. The summed E-state index contributed by atoms with van der Waals surface area (Å²) in [6.45, 7) is 7.29. The van der Waals surface area contributed by atoms with E-state index in [0.29, 0.717) is 56.6 Å². The summed E-state index contributed by atoms with van der Waals surface area (Å²) in [6.07, 6.45) is -2.25. The Morgan fingerprint density at radius 3 is 2.31 bits per heavy atom. The molecule has 3 rings (SSSR count). The van der Waals surface area contributed by atoms with E-state index in [-0.39, 0.29) is 23.5 Å². The number of amides is 2. The molecule has 29 heavy (non-hydrogen) atoms. The number of fused-ring (bicyclic) bond motifs is 1. The number of aryl methyl sites for hydroxylation is 1. The molecule has 8 heteroatoms. The zero-order chi connectivity index (χ0) is 21.4. The van der Waals surface area contributed by atoms with Crippen molar-refractivity contribution in [1.82, 2.24) is 4.90 Å². The summed E-state index contributed by atoms with van der Waals surface area (Å²) in [6, 6.07) is 4.15. The summed E-state index contributed by atoms with van der Waals surface area (Å²) in [7, 11) is 0. The van der Waals surface area contributed by atoms with Crippen molar-refractivity contribution in [3.05, 3.63) is 23.8 Å². The van der Waals surface area contributed by atoms with E-state index in [1.54, 1.807) is 4.90 Å². The number of likely N-dealkylation sites (tertiary alicyclic amines) is 1. The Hall–Kier alpha value is -2.25. The van der Waals surface area contributed by atoms with Crippen LogP contribution in [-0.2, 0) is 16.0 Å². The molecule has 5 nitrogen and oxygen atoms in total. The Labute approximate surface area is 168 Å². The van der Waals surface area contributed by atoms with Crippen LogP contribution in [-0.4, -0.2) is 42.7 Å². The maximum absolute atomic E-state index is 13.1. The number of carbonyl (C=O) groups excluding carboxylic acids is 2. The van der Waals surface area contributed by atoms with Gasteiger partial charge in [0.1, 0.15) is 5.75 Å². The van der Waals surface area contributed by atoms with E-state index < -0.39 is 11.8 Å². The van der Waals surface area contributed by atoms with Gasteiger partial charge in [-0.3, -0.25) is 9.59 Å². The van der Waals surface area contributed by atoms with Gasteiger partial charge in [-0.25, -0.2) is 0 Å². The highest BCUT2D eigenvalue weighted by Gasteiger charge is 2.36. The molecular weight excluding hydrogens is 385 g/mol. The highest BCUT2D eigenvalue weighted by molar-refractivity contribution is 5.96. The van der Waals surface area contributed by atoms with E-state index in [9.17, 15) is 22.8 Å². The number of carbonyl (C=O) groups is 2. The van der Waals surface area contributed by atoms with Crippen molar-refractivity contribution in [2.75, 3.05) is 24.5 Å². The second-order valence-corrected chi connectivity index (χ2v) is 8.75. The van der Waals surface area contributed by atoms with Gasteiger partial charge in [0.2, 0.25) is 11.8 Å². The molecule has 0 saturated carbocycles. The summed E-state index contributed by atoms with van der Waals surface area (Å²) < 4.78 is 41.4. The second-order valence-electron chi connectivity index (χ2n) is 8.75. The molecule has 2 heterocycles. The van der Waals surface area contributed by atoms with E-state index in [1.165, 1.54) is 18.2 Å². The number of nitrogens with zero attached hydrogens (tertiary/aromatic N) is 2. The fraction of sp³-hybridized carbons (Fsp3) is 0.619. The molecule has 1 aromatic carbocycles. The van der Waals surface area contributed by atoms with Gasteiger partial charge < -0.3 is 14.5 Å². The first kappa shape index (κ1) is 21.5. The van der Waals surface area contributed by atoms with Gasteiger partial charge in [-0.15, -0.1) is 13.2 Å². The lowest BCUT2D eigenvalue weighted by Gasteiger charge is -2.38. The molecule has 1 fully saturated rings.